The highest BCUT2D eigenvalue weighted by Crippen LogP contribution is 2.17. The van der Waals surface area contributed by atoms with Gasteiger partial charge < -0.3 is 5.32 Å². The molecule has 0 aliphatic heterocycles. The van der Waals surface area contributed by atoms with Gasteiger partial charge in [-0.25, -0.2) is 0 Å². The molecule has 134 valence electrons. The van der Waals surface area contributed by atoms with Crippen molar-refractivity contribution in [1.29, 1.82) is 0 Å². The summed E-state index contributed by atoms with van der Waals surface area (Å²) in [6.45, 7) is 8.17. The van der Waals surface area contributed by atoms with Gasteiger partial charge in [-0.2, -0.15) is 4.80 Å². The maximum absolute atomic E-state index is 12.3. The van der Waals surface area contributed by atoms with Crippen molar-refractivity contribution in [2.45, 2.75) is 40.3 Å². The van der Waals surface area contributed by atoms with E-state index in [1.807, 2.05) is 44.2 Å². The topological polar surface area (TPSA) is 72.7 Å². The van der Waals surface area contributed by atoms with Crippen molar-refractivity contribution >= 4 is 5.91 Å². The summed E-state index contributed by atoms with van der Waals surface area (Å²) in [6.07, 6.45) is 0. The van der Waals surface area contributed by atoms with Gasteiger partial charge in [-0.1, -0.05) is 48.0 Å². The number of nitrogens with one attached hydrogen (secondary N) is 1. The molecule has 0 aliphatic rings. The first-order valence-electron chi connectivity index (χ1n) is 8.64. The van der Waals surface area contributed by atoms with Crippen molar-refractivity contribution in [3.8, 4) is 11.4 Å². The minimum Gasteiger partial charge on any atom is -0.348 e. The molecule has 1 amide bonds. The normalized spacial score (nSPS) is 12.0. The van der Waals surface area contributed by atoms with E-state index in [-0.39, 0.29) is 18.5 Å². The third-order valence-corrected chi connectivity index (χ3v) is 4.46. The van der Waals surface area contributed by atoms with E-state index in [0.717, 1.165) is 11.1 Å². The zero-order valence-electron chi connectivity index (χ0n) is 15.5. The number of rotatable bonds is 5. The van der Waals surface area contributed by atoms with Crippen LogP contribution < -0.4 is 5.32 Å². The minimum absolute atomic E-state index is 0.0358. The Morgan fingerprint density at radius 1 is 1.08 bits per heavy atom. The van der Waals surface area contributed by atoms with Crippen LogP contribution in [-0.4, -0.2) is 26.1 Å². The molecule has 0 aliphatic carbocycles. The van der Waals surface area contributed by atoms with Crippen molar-refractivity contribution < 1.29 is 4.79 Å². The molecule has 3 rings (SSSR count). The highest BCUT2D eigenvalue weighted by molar-refractivity contribution is 5.76. The van der Waals surface area contributed by atoms with Gasteiger partial charge in [-0.3, -0.25) is 4.79 Å². The van der Waals surface area contributed by atoms with Gasteiger partial charge in [0.25, 0.3) is 0 Å². The quantitative estimate of drug-likeness (QED) is 0.768. The number of nitrogens with zero attached hydrogens (tertiary/aromatic N) is 4. The summed E-state index contributed by atoms with van der Waals surface area (Å²) in [5.74, 6) is 0.364. The molecule has 0 fully saturated rings. The lowest BCUT2D eigenvalue weighted by Crippen LogP contribution is -2.30. The zero-order valence-corrected chi connectivity index (χ0v) is 15.5. The van der Waals surface area contributed by atoms with Crippen LogP contribution in [0.25, 0.3) is 11.4 Å². The van der Waals surface area contributed by atoms with Crippen LogP contribution in [0.4, 0.5) is 0 Å². The molecular weight excluding hydrogens is 326 g/mol. The van der Waals surface area contributed by atoms with E-state index in [2.05, 4.69) is 46.7 Å². The second-order valence-electron chi connectivity index (χ2n) is 6.64. The van der Waals surface area contributed by atoms with Gasteiger partial charge in [0.15, 0.2) is 0 Å². The molecule has 0 radical (unpaired) electrons. The van der Waals surface area contributed by atoms with Gasteiger partial charge in [0.1, 0.15) is 6.54 Å². The van der Waals surface area contributed by atoms with Gasteiger partial charge >= 0.3 is 0 Å². The van der Waals surface area contributed by atoms with Crippen molar-refractivity contribution in [2.24, 2.45) is 0 Å². The molecule has 1 heterocycles. The summed E-state index contributed by atoms with van der Waals surface area (Å²) < 4.78 is 0. The molecule has 2 aromatic carbocycles. The van der Waals surface area contributed by atoms with E-state index >= 15 is 0 Å². The Morgan fingerprint density at radius 3 is 2.50 bits per heavy atom. The Morgan fingerprint density at radius 2 is 1.81 bits per heavy atom. The molecule has 1 atom stereocenters. The molecular formula is C20H23N5O. The van der Waals surface area contributed by atoms with Crippen LogP contribution in [0, 0.1) is 20.8 Å². The lowest BCUT2D eigenvalue weighted by Gasteiger charge is -2.15. The third kappa shape index (κ3) is 4.14. The maximum atomic E-state index is 12.3. The average Bonchev–Trinajstić information content (AvgIpc) is 3.06. The summed E-state index contributed by atoms with van der Waals surface area (Å²) in [5, 5.41) is 15.3. The predicted octanol–water partition coefficient (Wildman–Crippen LogP) is 3.14. The number of aryl methyl sites for hydroxylation is 3. The summed E-state index contributed by atoms with van der Waals surface area (Å²) in [7, 11) is 0. The average molecular weight is 349 g/mol. The van der Waals surface area contributed by atoms with Crippen molar-refractivity contribution in [3.63, 3.8) is 0 Å². The van der Waals surface area contributed by atoms with Crippen LogP contribution in [0.15, 0.2) is 42.5 Å². The van der Waals surface area contributed by atoms with Gasteiger partial charge in [-0.05, 0) is 49.6 Å². The van der Waals surface area contributed by atoms with Crippen molar-refractivity contribution in [3.05, 3.63) is 64.7 Å². The summed E-state index contributed by atoms with van der Waals surface area (Å²) >= 11 is 0. The third-order valence-electron chi connectivity index (χ3n) is 4.46. The predicted molar refractivity (Wildman–Crippen MR) is 100 cm³/mol. The van der Waals surface area contributed by atoms with Crippen molar-refractivity contribution in [2.75, 3.05) is 0 Å². The fourth-order valence-electron chi connectivity index (χ4n) is 2.66. The van der Waals surface area contributed by atoms with Crippen LogP contribution in [0.1, 0.15) is 35.2 Å². The van der Waals surface area contributed by atoms with E-state index in [1.54, 1.807) is 0 Å². The SMILES string of the molecule is Cc1ccc(-c2nnn(CC(=O)N[C@@H](C)c3ccc(C)c(C)c3)n2)cc1. The molecule has 6 nitrogen and oxygen atoms in total. The number of benzene rings is 2. The smallest absolute Gasteiger partial charge is 0.244 e. The molecule has 0 saturated heterocycles. The zero-order chi connectivity index (χ0) is 18.7. The fourth-order valence-corrected chi connectivity index (χ4v) is 2.66. The Bertz CT molecular complexity index is 914. The molecule has 1 aromatic heterocycles. The second-order valence-corrected chi connectivity index (χ2v) is 6.64. The largest absolute Gasteiger partial charge is 0.348 e. The first kappa shape index (κ1) is 17.8. The molecule has 3 aromatic rings. The number of carbonyl (C=O) groups is 1. The molecule has 1 N–H and O–H groups in total. The van der Waals surface area contributed by atoms with Gasteiger partial charge in [-0.15, -0.1) is 10.2 Å². The lowest BCUT2D eigenvalue weighted by atomic mass is 10.0. The monoisotopic (exact) mass is 349 g/mol. The fraction of sp³-hybridized carbons (Fsp3) is 0.300. The Hall–Kier alpha value is -3.02. The molecule has 26 heavy (non-hydrogen) atoms. The summed E-state index contributed by atoms with van der Waals surface area (Å²) in [4.78, 5) is 13.6. The van der Waals surface area contributed by atoms with E-state index < -0.39 is 0 Å². The number of tetrazole rings is 1. The second kappa shape index (κ2) is 7.47. The van der Waals surface area contributed by atoms with E-state index in [4.69, 9.17) is 0 Å². The van der Waals surface area contributed by atoms with Gasteiger partial charge in [0.05, 0.1) is 6.04 Å². The number of carbonyl (C=O) groups excluding carboxylic acids is 1. The summed E-state index contributed by atoms with van der Waals surface area (Å²) in [6, 6.07) is 14.0. The number of amides is 1. The number of hydrogen-bond donors (Lipinski definition) is 1. The van der Waals surface area contributed by atoms with Gasteiger partial charge in [0.2, 0.25) is 11.7 Å². The molecule has 0 spiro atoms. The number of hydrogen-bond acceptors (Lipinski definition) is 4. The highest BCUT2D eigenvalue weighted by atomic mass is 16.2. The van der Waals surface area contributed by atoms with Crippen LogP contribution in [0.2, 0.25) is 0 Å². The molecule has 0 saturated carbocycles. The Balaban J connectivity index is 1.63. The van der Waals surface area contributed by atoms with Gasteiger partial charge in [0, 0.05) is 5.56 Å². The van der Waals surface area contributed by atoms with Crippen molar-refractivity contribution in [1.82, 2.24) is 25.5 Å². The first-order valence-corrected chi connectivity index (χ1v) is 8.64. The Kier molecular flexibility index (Phi) is 5.11. The first-order chi connectivity index (χ1) is 12.4. The van der Waals surface area contributed by atoms with Crippen LogP contribution in [-0.2, 0) is 11.3 Å². The standard InChI is InChI=1S/C20H23N5O/c1-13-5-8-17(9-6-13)20-22-24-25(23-20)12-19(26)21-16(4)18-10-7-14(2)15(3)11-18/h5-11,16H,12H2,1-4H3,(H,21,26)/t16-/m0/s1. The van der Waals surface area contributed by atoms with E-state index in [1.165, 1.54) is 21.5 Å². The molecule has 6 heteroatoms. The number of aromatic nitrogens is 4. The Labute approximate surface area is 153 Å². The highest BCUT2D eigenvalue weighted by Gasteiger charge is 2.13. The van der Waals surface area contributed by atoms with Crippen LogP contribution >= 0.6 is 0 Å². The molecule has 0 bridgehead atoms. The molecule has 0 unspecified atom stereocenters. The van der Waals surface area contributed by atoms with E-state index in [9.17, 15) is 4.79 Å². The maximum Gasteiger partial charge on any atom is 0.244 e. The lowest BCUT2D eigenvalue weighted by molar-refractivity contribution is -0.122. The summed E-state index contributed by atoms with van der Waals surface area (Å²) in [5.41, 5.74) is 5.58. The van der Waals surface area contributed by atoms with Crippen LogP contribution in [0.5, 0.6) is 0 Å². The van der Waals surface area contributed by atoms with Crippen LogP contribution in [0.3, 0.4) is 0 Å². The van der Waals surface area contributed by atoms with E-state index in [0.29, 0.717) is 5.82 Å². The minimum atomic E-state index is -0.149.